The molecule has 0 fully saturated rings. The van der Waals surface area contributed by atoms with Crippen molar-refractivity contribution in [2.24, 2.45) is 0 Å². The monoisotopic (exact) mass is 463 g/mol. The molecule has 1 N–H and O–H groups in total. The number of fused-ring (bicyclic) bond motifs is 1. The van der Waals surface area contributed by atoms with Gasteiger partial charge in [-0.2, -0.15) is 4.80 Å². The molecular weight excluding hydrogens is 442 g/mol. The summed E-state index contributed by atoms with van der Waals surface area (Å²) in [4.78, 5) is 17.5. The first-order chi connectivity index (χ1) is 17.1. The molecule has 8 nitrogen and oxygen atoms in total. The Bertz CT molecular complexity index is 1560. The van der Waals surface area contributed by atoms with Crippen LogP contribution in [0.25, 0.3) is 34.4 Å². The van der Waals surface area contributed by atoms with Crippen molar-refractivity contribution in [3.63, 3.8) is 0 Å². The third kappa shape index (κ3) is 4.77. The van der Waals surface area contributed by atoms with Gasteiger partial charge in [0, 0.05) is 16.5 Å². The number of aromatic carboxylic acids is 1. The van der Waals surface area contributed by atoms with Crippen molar-refractivity contribution in [2.45, 2.75) is 6.54 Å². The second-order valence-electron chi connectivity index (χ2n) is 7.82. The molecule has 172 valence electrons. The van der Waals surface area contributed by atoms with E-state index in [1.54, 1.807) is 31.4 Å². The number of pyridine rings is 1. The van der Waals surface area contributed by atoms with Crippen LogP contribution in [0.1, 0.15) is 27.2 Å². The number of hydrogen-bond donors (Lipinski definition) is 1. The third-order valence-corrected chi connectivity index (χ3v) is 5.56. The molecular formula is C27H21N5O3. The lowest BCUT2D eigenvalue weighted by Crippen LogP contribution is -2.09. The summed E-state index contributed by atoms with van der Waals surface area (Å²) < 4.78 is 5.59. The van der Waals surface area contributed by atoms with Crippen LogP contribution in [0.3, 0.4) is 0 Å². The second-order valence-corrected chi connectivity index (χ2v) is 7.82. The topological polar surface area (TPSA) is 103 Å². The molecule has 0 spiro atoms. The lowest BCUT2D eigenvalue weighted by atomic mass is 10.1. The Balaban J connectivity index is 1.37. The summed E-state index contributed by atoms with van der Waals surface area (Å²) in [7, 11) is 1.61. The Morgan fingerprint density at radius 1 is 1.00 bits per heavy atom. The minimum atomic E-state index is -0.992. The van der Waals surface area contributed by atoms with Crippen molar-refractivity contribution in [2.75, 3.05) is 7.11 Å². The molecule has 0 amide bonds. The number of carbonyl (C=O) groups is 1. The molecule has 2 heterocycles. The Kier molecular flexibility index (Phi) is 6.00. The summed E-state index contributed by atoms with van der Waals surface area (Å²) >= 11 is 0. The maximum absolute atomic E-state index is 11.5. The van der Waals surface area contributed by atoms with Gasteiger partial charge in [0.2, 0.25) is 5.82 Å². The van der Waals surface area contributed by atoms with E-state index in [-0.39, 0.29) is 12.1 Å². The largest absolute Gasteiger partial charge is 0.496 e. The predicted octanol–water partition coefficient (Wildman–Crippen LogP) is 4.81. The molecule has 2 aromatic heterocycles. The summed E-state index contributed by atoms with van der Waals surface area (Å²) in [5.41, 5.74) is 4.22. The highest BCUT2D eigenvalue weighted by Crippen LogP contribution is 2.27. The van der Waals surface area contributed by atoms with Crippen LogP contribution in [0.4, 0.5) is 0 Å². The number of tetrazole rings is 1. The molecule has 0 saturated carbocycles. The highest BCUT2D eigenvalue weighted by atomic mass is 16.5. The van der Waals surface area contributed by atoms with Crippen molar-refractivity contribution in [1.29, 1.82) is 0 Å². The Labute approximate surface area is 201 Å². The first-order valence-corrected chi connectivity index (χ1v) is 10.9. The van der Waals surface area contributed by atoms with Crippen LogP contribution in [0.2, 0.25) is 0 Å². The molecule has 0 unspecified atom stereocenters. The first-order valence-electron chi connectivity index (χ1n) is 10.9. The number of hydrogen-bond acceptors (Lipinski definition) is 6. The Hall–Kier alpha value is -4.85. The molecule has 0 aliphatic rings. The zero-order valence-corrected chi connectivity index (χ0v) is 18.9. The number of ether oxygens (including phenoxy) is 1. The maximum atomic E-state index is 11.5. The number of nitrogens with zero attached hydrogens (tertiary/aromatic N) is 5. The highest BCUT2D eigenvalue weighted by molar-refractivity contribution is 5.89. The van der Waals surface area contributed by atoms with Crippen LogP contribution in [-0.4, -0.2) is 43.4 Å². The van der Waals surface area contributed by atoms with Gasteiger partial charge in [0.15, 0.2) is 0 Å². The molecule has 5 aromatic rings. The molecule has 3 aromatic carbocycles. The maximum Gasteiger partial charge on any atom is 0.336 e. The lowest BCUT2D eigenvalue weighted by molar-refractivity contribution is 0.0695. The lowest BCUT2D eigenvalue weighted by Gasteiger charge is -2.06. The molecule has 0 radical (unpaired) electrons. The van der Waals surface area contributed by atoms with E-state index in [0.29, 0.717) is 17.1 Å². The average molecular weight is 463 g/mol. The molecule has 0 aliphatic carbocycles. The van der Waals surface area contributed by atoms with Gasteiger partial charge in [0.05, 0.1) is 30.4 Å². The van der Waals surface area contributed by atoms with Crippen LogP contribution in [0.5, 0.6) is 5.75 Å². The smallest absolute Gasteiger partial charge is 0.336 e. The van der Waals surface area contributed by atoms with Crippen molar-refractivity contribution >= 4 is 29.0 Å². The normalized spacial score (nSPS) is 11.2. The Morgan fingerprint density at radius 2 is 1.83 bits per heavy atom. The quantitative estimate of drug-likeness (QED) is 0.369. The summed E-state index contributed by atoms with van der Waals surface area (Å²) in [5.74, 6) is 0.0863. The van der Waals surface area contributed by atoms with E-state index < -0.39 is 5.97 Å². The van der Waals surface area contributed by atoms with E-state index in [1.807, 2.05) is 66.7 Å². The number of carboxylic acids is 1. The number of aromatic nitrogens is 5. The number of carboxylic acid groups (broad SMARTS) is 1. The van der Waals surface area contributed by atoms with Crippen LogP contribution >= 0.6 is 0 Å². The minimum absolute atomic E-state index is 0.201. The number of methoxy groups -OCH3 is 1. The van der Waals surface area contributed by atoms with Gasteiger partial charge in [0.1, 0.15) is 5.75 Å². The van der Waals surface area contributed by atoms with Crippen LogP contribution < -0.4 is 4.74 Å². The number of para-hydroxylation sites is 1. The molecule has 8 heteroatoms. The van der Waals surface area contributed by atoms with E-state index >= 15 is 0 Å². The van der Waals surface area contributed by atoms with Crippen LogP contribution in [-0.2, 0) is 6.54 Å². The van der Waals surface area contributed by atoms with Crippen LogP contribution in [0, 0.1) is 0 Å². The fourth-order valence-corrected chi connectivity index (χ4v) is 3.78. The zero-order valence-electron chi connectivity index (χ0n) is 18.9. The fourth-order valence-electron chi connectivity index (χ4n) is 3.78. The molecule has 5 rings (SSSR count). The van der Waals surface area contributed by atoms with Gasteiger partial charge in [-0.05, 0) is 47.2 Å². The standard InChI is InChI=1S/C27H21N5O3/c1-35-25-16-20(26-29-31-32(30-26)17-21-7-2-4-8-23(21)27(33)34)11-10-19(25)13-15-22-14-12-18-6-3-5-9-24(18)28-22/h2-16H,17H2,1H3,(H,33,34)/b15-13-. The zero-order chi connectivity index (χ0) is 24.2. The molecule has 0 atom stereocenters. The van der Waals surface area contributed by atoms with Crippen molar-refractivity contribution in [3.05, 3.63) is 101 Å². The molecule has 35 heavy (non-hydrogen) atoms. The van der Waals surface area contributed by atoms with Gasteiger partial charge in [-0.25, -0.2) is 9.78 Å². The van der Waals surface area contributed by atoms with Crippen LogP contribution in [0.15, 0.2) is 78.9 Å². The first kappa shape index (κ1) is 22.0. The van der Waals surface area contributed by atoms with Gasteiger partial charge in [0.25, 0.3) is 0 Å². The van der Waals surface area contributed by atoms with Crippen molar-refractivity contribution in [1.82, 2.24) is 25.2 Å². The molecule has 0 bridgehead atoms. The van der Waals surface area contributed by atoms with Gasteiger partial charge in [-0.15, -0.1) is 10.2 Å². The van der Waals surface area contributed by atoms with E-state index in [1.165, 1.54) is 4.80 Å². The van der Waals surface area contributed by atoms with Gasteiger partial charge in [-0.3, -0.25) is 0 Å². The fraction of sp³-hybridized carbons (Fsp3) is 0.0741. The van der Waals surface area contributed by atoms with Gasteiger partial charge < -0.3 is 9.84 Å². The summed E-state index contributed by atoms with van der Waals surface area (Å²) in [6.07, 6.45) is 3.89. The predicted molar refractivity (Wildman–Crippen MR) is 133 cm³/mol. The summed E-state index contributed by atoms with van der Waals surface area (Å²) in [6.45, 7) is 0.201. The van der Waals surface area contributed by atoms with E-state index in [0.717, 1.165) is 27.7 Å². The summed E-state index contributed by atoms with van der Waals surface area (Å²) in [5, 5.41) is 23.1. The van der Waals surface area contributed by atoms with E-state index in [4.69, 9.17) is 4.74 Å². The highest BCUT2D eigenvalue weighted by Gasteiger charge is 2.13. The Morgan fingerprint density at radius 3 is 2.69 bits per heavy atom. The third-order valence-electron chi connectivity index (χ3n) is 5.56. The molecule has 0 saturated heterocycles. The van der Waals surface area contributed by atoms with Crippen molar-refractivity contribution < 1.29 is 14.6 Å². The summed E-state index contributed by atoms with van der Waals surface area (Å²) in [6, 6.07) is 24.4. The van der Waals surface area contributed by atoms with E-state index in [2.05, 4.69) is 20.4 Å². The SMILES string of the molecule is COc1cc(-c2nnn(Cc3ccccc3C(=O)O)n2)ccc1/C=C\c1ccc2ccccc2n1. The van der Waals surface area contributed by atoms with Crippen molar-refractivity contribution in [3.8, 4) is 17.1 Å². The van der Waals surface area contributed by atoms with E-state index in [9.17, 15) is 9.90 Å². The minimum Gasteiger partial charge on any atom is -0.496 e. The van der Waals surface area contributed by atoms with Gasteiger partial charge in [-0.1, -0.05) is 54.6 Å². The number of benzene rings is 3. The second kappa shape index (κ2) is 9.56. The average Bonchev–Trinajstić information content (AvgIpc) is 3.36. The van der Waals surface area contributed by atoms with Gasteiger partial charge >= 0.3 is 5.97 Å². The number of rotatable bonds is 7. The molecule has 0 aliphatic heterocycles.